The van der Waals surface area contributed by atoms with Gasteiger partial charge in [0.15, 0.2) is 9.84 Å². The summed E-state index contributed by atoms with van der Waals surface area (Å²) in [6, 6.07) is 6.34. The number of hydrogen-bond acceptors (Lipinski definition) is 3. The molecule has 19 heavy (non-hydrogen) atoms. The molecule has 0 N–H and O–H groups in total. The Morgan fingerprint density at radius 2 is 1.89 bits per heavy atom. The van der Waals surface area contributed by atoms with Crippen LogP contribution in [0.15, 0.2) is 29.2 Å². The third kappa shape index (κ3) is 3.48. The van der Waals surface area contributed by atoms with Crippen LogP contribution in [0.2, 0.25) is 0 Å². The Morgan fingerprint density at radius 3 is 2.32 bits per heavy atom. The lowest BCUT2D eigenvalue weighted by molar-refractivity contribution is 0.0753. The third-order valence-electron chi connectivity index (χ3n) is 3.10. The standard InChI is InChI=1S/C13H16ClNO3S/c1-19(17,18)12-6-2-10(3-7-12)13(16)15(9-8-14)11-4-5-11/h2-3,6-7,11H,4-5,8-9H2,1H3. The van der Waals surface area contributed by atoms with Gasteiger partial charge in [-0.05, 0) is 37.1 Å². The maximum absolute atomic E-state index is 12.3. The molecule has 1 aromatic carbocycles. The number of benzene rings is 1. The van der Waals surface area contributed by atoms with Crippen LogP contribution in [0.1, 0.15) is 23.2 Å². The lowest BCUT2D eigenvalue weighted by atomic mass is 10.2. The first kappa shape index (κ1) is 14.3. The molecule has 1 fully saturated rings. The Bertz CT molecular complexity index is 564. The monoisotopic (exact) mass is 301 g/mol. The molecular formula is C13H16ClNO3S. The lowest BCUT2D eigenvalue weighted by Gasteiger charge is -2.21. The number of halogens is 1. The molecule has 1 amide bonds. The van der Waals surface area contributed by atoms with E-state index in [0.29, 0.717) is 24.0 Å². The van der Waals surface area contributed by atoms with Gasteiger partial charge in [-0.15, -0.1) is 11.6 Å². The van der Waals surface area contributed by atoms with Gasteiger partial charge in [-0.3, -0.25) is 4.79 Å². The molecular weight excluding hydrogens is 286 g/mol. The molecule has 0 bridgehead atoms. The van der Waals surface area contributed by atoms with Gasteiger partial charge in [0.25, 0.3) is 5.91 Å². The molecule has 1 aromatic rings. The quantitative estimate of drug-likeness (QED) is 0.781. The fraction of sp³-hybridized carbons (Fsp3) is 0.462. The Labute approximate surface area is 118 Å². The first-order chi connectivity index (χ1) is 8.93. The molecule has 1 aliphatic carbocycles. The number of carbonyl (C=O) groups excluding carboxylic acids is 1. The average molecular weight is 302 g/mol. The van der Waals surface area contributed by atoms with Crippen molar-refractivity contribution in [1.29, 1.82) is 0 Å². The number of rotatable bonds is 5. The Kier molecular flexibility index (Phi) is 4.16. The van der Waals surface area contributed by atoms with Gasteiger partial charge >= 0.3 is 0 Å². The van der Waals surface area contributed by atoms with Gasteiger partial charge in [0, 0.05) is 30.3 Å². The summed E-state index contributed by atoms with van der Waals surface area (Å²) < 4.78 is 22.7. The molecule has 4 nitrogen and oxygen atoms in total. The largest absolute Gasteiger partial charge is 0.334 e. The van der Waals surface area contributed by atoms with Crippen molar-refractivity contribution in [3.63, 3.8) is 0 Å². The minimum atomic E-state index is -3.23. The Morgan fingerprint density at radius 1 is 1.32 bits per heavy atom. The van der Waals surface area contributed by atoms with Crippen molar-refractivity contribution < 1.29 is 13.2 Å². The summed E-state index contributed by atoms with van der Waals surface area (Å²) in [4.78, 5) is 14.3. The molecule has 104 valence electrons. The van der Waals surface area contributed by atoms with Crippen LogP contribution >= 0.6 is 11.6 Å². The maximum Gasteiger partial charge on any atom is 0.254 e. The third-order valence-corrected chi connectivity index (χ3v) is 4.40. The normalized spacial score (nSPS) is 15.3. The second-order valence-corrected chi connectivity index (χ2v) is 7.11. The molecule has 0 unspecified atom stereocenters. The van der Waals surface area contributed by atoms with Crippen LogP contribution in [0.5, 0.6) is 0 Å². The number of sulfone groups is 1. The van der Waals surface area contributed by atoms with Gasteiger partial charge in [0.05, 0.1) is 4.90 Å². The van der Waals surface area contributed by atoms with Gasteiger partial charge in [-0.25, -0.2) is 8.42 Å². The summed E-state index contributed by atoms with van der Waals surface area (Å²) in [5.74, 6) is 0.326. The van der Waals surface area contributed by atoms with Gasteiger partial charge in [0.2, 0.25) is 0 Å². The molecule has 0 atom stereocenters. The molecule has 1 aliphatic rings. The number of amides is 1. The first-order valence-corrected chi connectivity index (χ1v) is 8.53. The molecule has 0 aliphatic heterocycles. The zero-order chi connectivity index (χ0) is 14.0. The van der Waals surface area contributed by atoms with Crippen molar-refractivity contribution in [3.05, 3.63) is 29.8 Å². The minimum Gasteiger partial charge on any atom is -0.334 e. The van der Waals surface area contributed by atoms with Gasteiger partial charge in [-0.1, -0.05) is 0 Å². The average Bonchev–Trinajstić information content (AvgIpc) is 3.18. The van der Waals surface area contributed by atoms with E-state index in [1.807, 2.05) is 0 Å². The van der Waals surface area contributed by atoms with E-state index in [-0.39, 0.29) is 10.8 Å². The summed E-state index contributed by atoms with van der Waals surface area (Å²) in [6.07, 6.45) is 3.18. The molecule has 2 rings (SSSR count). The summed E-state index contributed by atoms with van der Waals surface area (Å²) in [7, 11) is -3.23. The highest BCUT2D eigenvalue weighted by atomic mass is 35.5. The van der Waals surface area contributed by atoms with Crippen LogP contribution in [0.25, 0.3) is 0 Å². The van der Waals surface area contributed by atoms with Crippen LogP contribution in [0, 0.1) is 0 Å². The van der Waals surface area contributed by atoms with Crippen LogP contribution in [-0.2, 0) is 9.84 Å². The summed E-state index contributed by atoms with van der Waals surface area (Å²) >= 11 is 5.71. The topological polar surface area (TPSA) is 54.5 Å². The Hall–Kier alpha value is -1.07. The molecule has 0 spiro atoms. The fourth-order valence-corrected chi connectivity index (χ4v) is 2.75. The second kappa shape index (κ2) is 5.51. The highest BCUT2D eigenvalue weighted by Gasteiger charge is 2.32. The van der Waals surface area contributed by atoms with Gasteiger partial charge < -0.3 is 4.90 Å². The maximum atomic E-state index is 12.3. The summed E-state index contributed by atoms with van der Waals surface area (Å²) in [5, 5.41) is 0. The molecule has 0 heterocycles. The van der Waals surface area contributed by atoms with Gasteiger partial charge in [-0.2, -0.15) is 0 Å². The van der Waals surface area contributed by atoms with Crippen LogP contribution < -0.4 is 0 Å². The van der Waals surface area contributed by atoms with E-state index < -0.39 is 9.84 Å². The van der Waals surface area contributed by atoms with E-state index in [2.05, 4.69) is 0 Å². The van der Waals surface area contributed by atoms with E-state index >= 15 is 0 Å². The Balaban J connectivity index is 2.19. The first-order valence-electron chi connectivity index (χ1n) is 6.10. The van der Waals surface area contributed by atoms with Crippen molar-refractivity contribution in [1.82, 2.24) is 4.90 Å². The SMILES string of the molecule is CS(=O)(=O)c1ccc(C(=O)N(CCCl)C2CC2)cc1. The molecule has 0 aromatic heterocycles. The number of nitrogens with zero attached hydrogens (tertiary/aromatic N) is 1. The number of alkyl halides is 1. The second-order valence-electron chi connectivity index (χ2n) is 4.72. The van der Waals surface area contributed by atoms with E-state index in [0.717, 1.165) is 19.1 Å². The number of carbonyl (C=O) groups is 1. The van der Waals surface area contributed by atoms with E-state index in [4.69, 9.17) is 11.6 Å². The molecule has 0 saturated heterocycles. The smallest absolute Gasteiger partial charge is 0.254 e. The summed E-state index contributed by atoms with van der Waals surface area (Å²) in [5.41, 5.74) is 0.504. The number of hydrogen-bond donors (Lipinski definition) is 0. The van der Waals surface area contributed by atoms with Crippen molar-refractivity contribution in [3.8, 4) is 0 Å². The molecule has 6 heteroatoms. The van der Waals surface area contributed by atoms with Crippen molar-refractivity contribution in [2.24, 2.45) is 0 Å². The molecule has 0 radical (unpaired) electrons. The van der Waals surface area contributed by atoms with E-state index in [1.54, 1.807) is 17.0 Å². The minimum absolute atomic E-state index is 0.0804. The lowest BCUT2D eigenvalue weighted by Crippen LogP contribution is -2.34. The fourth-order valence-electron chi connectivity index (χ4n) is 1.94. The highest BCUT2D eigenvalue weighted by Crippen LogP contribution is 2.28. The van der Waals surface area contributed by atoms with Crippen LogP contribution in [-0.4, -0.2) is 43.9 Å². The predicted octanol–water partition coefficient (Wildman–Crippen LogP) is 1.93. The predicted molar refractivity (Wildman–Crippen MR) is 74.3 cm³/mol. The van der Waals surface area contributed by atoms with Crippen LogP contribution in [0.4, 0.5) is 0 Å². The van der Waals surface area contributed by atoms with E-state index in [1.165, 1.54) is 12.1 Å². The van der Waals surface area contributed by atoms with Crippen molar-refractivity contribution in [2.75, 3.05) is 18.7 Å². The van der Waals surface area contributed by atoms with Crippen molar-refractivity contribution in [2.45, 2.75) is 23.8 Å². The highest BCUT2D eigenvalue weighted by molar-refractivity contribution is 7.90. The summed E-state index contributed by atoms with van der Waals surface area (Å²) in [6.45, 7) is 0.527. The van der Waals surface area contributed by atoms with Crippen molar-refractivity contribution >= 4 is 27.3 Å². The van der Waals surface area contributed by atoms with Crippen LogP contribution in [0.3, 0.4) is 0 Å². The molecule has 1 saturated carbocycles. The zero-order valence-corrected chi connectivity index (χ0v) is 12.2. The van der Waals surface area contributed by atoms with Gasteiger partial charge in [0.1, 0.15) is 0 Å². The van der Waals surface area contributed by atoms with E-state index in [9.17, 15) is 13.2 Å². The zero-order valence-electron chi connectivity index (χ0n) is 10.7.